The van der Waals surface area contributed by atoms with Crippen LogP contribution >= 0.6 is 35.4 Å². The second-order valence-electron chi connectivity index (χ2n) is 3.46. The normalized spacial score (nSPS) is 10.7. The largest absolute Gasteiger partial charge is 0.389 e. The number of nitrogens with two attached hydrogens (primary N) is 1. The molecule has 2 aromatic rings. The Balaban J connectivity index is 2.95. The molecule has 82 valence electrons. The number of hydrogen-bond donors (Lipinski definition) is 1. The van der Waals surface area contributed by atoms with Gasteiger partial charge in [-0.15, -0.1) is 0 Å². The van der Waals surface area contributed by atoms with Crippen LogP contribution in [0.1, 0.15) is 11.3 Å². The molecule has 1 aromatic heterocycles. The summed E-state index contributed by atoms with van der Waals surface area (Å²) in [4.78, 5) is 4.66. The third-order valence-corrected chi connectivity index (χ3v) is 2.96. The van der Waals surface area contributed by atoms with Crippen LogP contribution in [0.5, 0.6) is 0 Å². The van der Waals surface area contributed by atoms with Crippen LogP contribution in [0.2, 0.25) is 10.0 Å². The lowest BCUT2D eigenvalue weighted by Gasteiger charge is -2.08. The van der Waals surface area contributed by atoms with Crippen LogP contribution in [-0.4, -0.2) is 9.97 Å². The van der Waals surface area contributed by atoms with E-state index in [4.69, 9.17) is 41.2 Å². The first-order valence-electron chi connectivity index (χ1n) is 4.55. The summed E-state index contributed by atoms with van der Waals surface area (Å²) < 4.78 is 0. The van der Waals surface area contributed by atoms with Crippen LogP contribution < -0.4 is 5.73 Å². The third-order valence-electron chi connectivity index (χ3n) is 2.22. The summed E-state index contributed by atoms with van der Waals surface area (Å²) >= 11 is 17.0. The summed E-state index contributed by atoms with van der Waals surface area (Å²) in [6.07, 6.45) is 0. The van der Waals surface area contributed by atoms with E-state index in [-0.39, 0.29) is 0 Å². The van der Waals surface area contributed by atoms with E-state index in [0.29, 0.717) is 20.6 Å². The van der Waals surface area contributed by atoms with Crippen molar-refractivity contribution in [3.05, 3.63) is 39.5 Å². The van der Waals surface area contributed by atoms with Gasteiger partial charge >= 0.3 is 0 Å². The van der Waals surface area contributed by atoms with Crippen molar-refractivity contribution in [1.29, 1.82) is 0 Å². The molecule has 0 atom stereocenters. The highest BCUT2D eigenvalue weighted by Gasteiger charge is 2.10. The number of hydrogen-bond acceptors (Lipinski definition) is 2. The van der Waals surface area contributed by atoms with Crippen LogP contribution in [0.15, 0.2) is 18.2 Å². The minimum atomic E-state index is 0.305. The van der Waals surface area contributed by atoms with Gasteiger partial charge < -0.3 is 5.73 Å². The average molecular weight is 271 g/mol. The summed E-state index contributed by atoms with van der Waals surface area (Å²) in [5.74, 6) is 0. The van der Waals surface area contributed by atoms with Crippen molar-refractivity contribution in [2.24, 2.45) is 5.73 Å². The molecule has 2 nitrogen and oxygen atoms in total. The van der Waals surface area contributed by atoms with E-state index in [0.717, 1.165) is 16.6 Å². The van der Waals surface area contributed by atoms with Gasteiger partial charge in [-0.3, -0.25) is 4.98 Å². The predicted octanol–water partition coefficient (Wildman–Crippen LogP) is 3.48. The van der Waals surface area contributed by atoms with Crippen LogP contribution in [0, 0.1) is 6.92 Å². The summed E-state index contributed by atoms with van der Waals surface area (Å²) in [5, 5.41) is 1.81. The van der Waals surface area contributed by atoms with Crippen LogP contribution in [0.4, 0.5) is 0 Å². The number of rotatable bonds is 1. The number of aromatic nitrogens is 1. The Morgan fingerprint density at radius 3 is 2.62 bits per heavy atom. The molecule has 0 saturated heterocycles. The van der Waals surface area contributed by atoms with Crippen molar-refractivity contribution in [3.63, 3.8) is 0 Å². The van der Waals surface area contributed by atoms with Crippen LogP contribution in [0.3, 0.4) is 0 Å². The lowest BCUT2D eigenvalue weighted by atomic mass is 10.1. The monoisotopic (exact) mass is 270 g/mol. The van der Waals surface area contributed by atoms with Crippen molar-refractivity contribution < 1.29 is 0 Å². The topological polar surface area (TPSA) is 38.9 Å². The fraction of sp³-hybridized carbons (Fsp3) is 0.0909. The number of benzene rings is 1. The maximum atomic E-state index is 6.12. The molecular weight excluding hydrogens is 263 g/mol. The Hall–Kier alpha value is -0.900. The van der Waals surface area contributed by atoms with Crippen LogP contribution in [0.25, 0.3) is 10.9 Å². The highest BCUT2D eigenvalue weighted by molar-refractivity contribution is 7.80. The zero-order valence-corrected chi connectivity index (χ0v) is 10.7. The molecule has 2 rings (SSSR count). The molecule has 0 spiro atoms. The molecule has 0 radical (unpaired) electrons. The van der Waals surface area contributed by atoms with Gasteiger partial charge in [0.25, 0.3) is 0 Å². The van der Waals surface area contributed by atoms with Crippen molar-refractivity contribution in [2.75, 3.05) is 0 Å². The first kappa shape index (κ1) is 11.6. The average Bonchev–Trinajstić information content (AvgIpc) is 2.14. The fourth-order valence-electron chi connectivity index (χ4n) is 1.61. The first-order valence-corrected chi connectivity index (χ1v) is 5.71. The van der Waals surface area contributed by atoms with E-state index in [1.54, 1.807) is 12.1 Å². The van der Waals surface area contributed by atoms with Crippen molar-refractivity contribution >= 4 is 51.3 Å². The molecular formula is C11H8Cl2N2S. The zero-order chi connectivity index (χ0) is 11.9. The SMILES string of the molecule is Cc1cc(C(N)=S)c2c(Cl)cc(Cl)cc2n1. The quantitative estimate of drug-likeness (QED) is 0.807. The Kier molecular flexibility index (Phi) is 3.02. The van der Waals surface area contributed by atoms with Gasteiger partial charge in [-0.1, -0.05) is 35.4 Å². The van der Waals surface area contributed by atoms with E-state index in [9.17, 15) is 0 Å². The molecule has 1 aromatic carbocycles. The lowest BCUT2D eigenvalue weighted by Crippen LogP contribution is -2.11. The molecule has 2 N–H and O–H groups in total. The molecule has 16 heavy (non-hydrogen) atoms. The molecule has 0 amide bonds. The number of pyridine rings is 1. The van der Waals surface area contributed by atoms with Crippen molar-refractivity contribution in [2.45, 2.75) is 6.92 Å². The summed E-state index contributed by atoms with van der Waals surface area (Å²) in [6, 6.07) is 5.23. The smallest absolute Gasteiger partial charge is 0.104 e. The Morgan fingerprint density at radius 1 is 1.31 bits per heavy atom. The highest BCUT2D eigenvalue weighted by atomic mass is 35.5. The second kappa shape index (κ2) is 4.17. The number of thiocarbonyl (C=S) groups is 1. The molecule has 0 unspecified atom stereocenters. The lowest BCUT2D eigenvalue weighted by molar-refractivity contribution is 1.25. The van der Waals surface area contributed by atoms with Gasteiger partial charge in [0.15, 0.2) is 0 Å². The van der Waals surface area contributed by atoms with E-state index in [1.807, 2.05) is 13.0 Å². The van der Waals surface area contributed by atoms with Gasteiger partial charge in [0.1, 0.15) is 4.99 Å². The molecule has 0 aliphatic carbocycles. The molecule has 0 fully saturated rings. The van der Waals surface area contributed by atoms with Crippen molar-refractivity contribution in [1.82, 2.24) is 4.98 Å². The van der Waals surface area contributed by atoms with Gasteiger partial charge in [-0.25, -0.2) is 0 Å². The predicted molar refractivity (Wildman–Crippen MR) is 72.4 cm³/mol. The standard InChI is InChI=1S/C11H8Cl2N2S/c1-5-2-7(11(14)16)10-8(13)3-6(12)4-9(10)15-5/h2-4H,1H3,(H2,14,16). The highest BCUT2D eigenvalue weighted by Crippen LogP contribution is 2.30. The summed E-state index contributed by atoms with van der Waals surface area (Å²) in [7, 11) is 0. The van der Waals surface area contributed by atoms with Gasteiger partial charge in [0.2, 0.25) is 0 Å². The Labute approximate surface area is 108 Å². The zero-order valence-electron chi connectivity index (χ0n) is 8.42. The van der Waals surface area contributed by atoms with E-state index in [1.165, 1.54) is 0 Å². The second-order valence-corrected chi connectivity index (χ2v) is 4.74. The Bertz CT molecular complexity index is 591. The minimum Gasteiger partial charge on any atom is -0.389 e. The van der Waals surface area contributed by atoms with E-state index < -0.39 is 0 Å². The molecule has 5 heteroatoms. The van der Waals surface area contributed by atoms with Gasteiger partial charge in [0, 0.05) is 21.7 Å². The molecule has 0 saturated carbocycles. The van der Waals surface area contributed by atoms with Crippen LogP contribution in [-0.2, 0) is 0 Å². The number of aryl methyl sites for hydroxylation is 1. The number of nitrogens with zero attached hydrogens (tertiary/aromatic N) is 1. The van der Waals surface area contributed by atoms with Crippen molar-refractivity contribution in [3.8, 4) is 0 Å². The summed E-state index contributed by atoms with van der Waals surface area (Å²) in [6.45, 7) is 1.87. The molecule has 0 aliphatic heterocycles. The van der Waals surface area contributed by atoms with E-state index in [2.05, 4.69) is 4.98 Å². The third kappa shape index (κ3) is 1.98. The molecule has 0 aliphatic rings. The number of halogens is 2. The number of fused-ring (bicyclic) bond motifs is 1. The first-order chi connectivity index (χ1) is 7.49. The molecule has 1 heterocycles. The van der Waals surface area contributed by atoms with Gasteiger partial charge in [-0.05, 0) is 25.1 Å². The minimum absolute atomic E-state index is 0.305. The summed E-state index contributed by atoms with van der Waals surface area (Å²) in [5.41, 5.74) is 7.94. The fourth-order valence-corrected chi connectivity index (χ4v) is 2.36. The Morgan fingerprint density at radius 2 is 2.00 bits per heavy atom. The maximum Gasteiger partial charge on any atom is 0.104 e. The molecule has 0 bridgehead atoms. The van der Waals surface area contributed by atoms with Gasteiger partial charge in [-0.2, -0.15) is 0 Å². The van der Waals surface area contributed by atoms with E-state index >= 15 is 0 Å². The van der Waals surface area contributed by atoms with Gasteiger partial charge in [0.05, 0.1) is 10.5 Å². The maximum absolute atomic E-state index is 6.12.